The number of fused-ring (bicyclic) bond motifs is 1. The lowest BCUT2D eigenvalue weighted by atomic mass is 10.0. The molecule has 0 amide bonds. The third-order valence-corrected chi connectivity index (χ3v) is 6.75. The summed E-state index contributed by atoms with van der Waals surface area (Å²) in [6, 6.07) is 47.0. The average molecular weight is 502 g/mol. The predicted octanol–water partition coefficient (Wildman–Crippen LogP) is 8.95. The minimum absolute atomic E-state index is 0.630. The molecule has 0 atom stereocenters. The molecule has 4 heteroatoms. The van der Waals surface area contributed by atoms with Gasteiger partial charge < -0.3 is 4.42 Å². The van der Waals surface area contributed by atoms with E-state index >= 15 is 0 Å². The van der Waals surface area contributed by atoms with Gasteiger partial charge in [-0.05, 0) is 41.5 Å². The molecule has 0 N–H and O–H groups in total. The van der Waals surface area contributed by atoms with Crippen LogP contribution in [0.5, 0.6) is 0 Å². The van der Waals surface area contributed by atoms with E-state index in [1.54, 1.807) is 0 Å². The van der Waals surface area contributed by atoms with Crippen molar-refractivity contribution < 1.29 is 4.42 Å². The van der Waals surface area contributed by atoms with Crippen molar-refractivity contribution in [2.45, 2.75) is 0 Å². The van der Waals surface area contributed by atoms with E-state index in [9.17, 15) is 0 Å². The van der Waals surface area contributed by atoms with Gasteiger partial charge in [-0.2, -0.15) is 0 Å². The molecule has 0 saturated carbocycles. The third-order valence-electron chi connectivity index (χ3n) is 6.75. The van der Waals surface area contributed by atoms with Crippen LogP contribution in [0, 0.1) is 0 Å². The molecule has 0 aliphatic heterocycles. The molecule has 7 rings (SSSR count). The number of oxazole rings is 1. The van der Waals surface area contributed by atoms with Crippen LogP contribution in [0.3, 0.4) is 0 Å². The summed E-state index contributed by atoms with van der Waals surface area (Å²) < 4.78 is 5.99. The van der Waals surface area contributed by atoms with Gasteiger partial charge in [-0.1, -0.05) is 109 Å². The molecule has 0 radical (unpaired) electrons. The Labute approximate surface area is 226 Å². The second-order valence-corrected chi connectivity index (χ2v) is 9.34. The van der Waals surface area contributed by atoms with Gasteiger partial charge in [0.25, 0.3) is 0 Å². The van der Waals surface area contributed by atoms with Gasteiger partial charge >= 0.3 is 0 Å². The lowest BCUT2D eigenvalue weighted by Crippen LogP contribution is -1.95. The molecular formula is C35H23N3O. The van der Waals surface area contributed by atoms with Crippen LogP contribution in [-0.2, 0) is 0 Å². The molecule has 4 nitrogen and oxygen atoms in total. The van der Waals surface area contributed by atoms with Crippen molar-refractivity contribution >= 4 is 11.1 Å². The normalized spacial score (nSPS) is 11.1. The maximum atomic E-state index is 5.99. The SMILES string of the molecule is c1ccc(-c2cc(-c3ccc(-c4ccc5oc(-c6ccccc6)nc5c4)cc3)nc(-c3ccccc3)n2)cc1. The van der Waals surface area contributed by atoms with Gasteiger partial charge in [0.2, 0.25) is 5.89 Å². The van der Waals surface area contributed by atoms with E-state index in [4.69, 9.17) is 19.4 Å². The van der Waals surface area contributed by atoms with Crippen molar-refractivity contribution in [3.05, 3.63) is 140 Å². The highest BCUT2D eigenvalue weighted by molar-refractivity contribution is 5.83. The largest absolute Gasteiger partial charge is 0.436 e. The Morgan fingerprint density at radius 2 is 0.897 bits per heavy atom. The summed E-state index contributed by atoms with van der Waals surface area (Å²) in [4.78, 5) is 14.6. The Kier molecular flexibility index (Phi) is 5.76. The van der Waals surface area contributed by atoms with Crippen molar-refractivity contribution in [1.29, 1.82) is 0 Å². The lowest BCUT2D eigenvalue weighted by molar-refractivity contribution is 0.620. The lowest BCUT2D eigenvalue weighted by Gasteiger charge is -2.10. The van der Waals surface area contributed by atoms with E-state index in [0.29, 0.717) is 11.7 Å². The Balaban J connectivity index is 1.25. The summed E-state index contributed by atoms with van der Waals surface area (Å²) in [5.41, 5.74) is 9.63. The maximum absolute atomic E-state index is 5.99. The minimum atomic E-state index is 0.630. The smallest absolute Gasteiger partial charge is 0.227 e. The Morgan fingerprint density at radius 1 is 0.385 bits per heavy atom. The van der Waals surface area contributed by atoms with Crippen LogP contribution < -0.4 is 0 Å². The second kappa shape index (κ2) is 9.84. The molecule has 0 fully saturated rings. The first-order chi connectivity index (χ1) is 19.3. The molecule has 2 heterocycles. The zero-order valence-corrected chi connectivity index (χ0v) is 21.0. The highest BCUT2D eigenvalue weighted by Gasteiger charge is 2.12. The van der Waals surface area contributed by atoms with E-state index in [2.05, 4.69) is 54.6 Å². The van der Waals surface area contributed by atoms with Crippen molar-refractivity contribution in [3.63, 3.8) is 0 Å². The fourth-order valence-corrected chi connectivity index (χ4v) is 4.71. The highest BCUT2D eigenvalue weighted by atomic mass is 16.3. The fraction of sp³-hybridized carbons (Fsp3) is 0. The summed E-state index contributed by atoms with van der Waals surface area (Å²) >= 11 is 0. The quantitative estimate of drug-likeness (QED) is 0.236. The number of rotatable bonds is 5. The van der Waals surface area contributed by atoms with E-state index in [-0.39, 0.29) is 0 Å². The van der Waals surface area contributed by atoms with E-state index in [1.807, 2.05) is 84.9 Å². The maximum Gasteiger partial charge on any atom is 0.227 e. The zero-order valence-electron chi connectivity index (χ0n) is 21.0. The highest BCUT2D eigenvalue weighted by Crippen LogP contribution is 2.31. The molecule has 0 spiro atoms. The molecule has 184 valence electrons. The minimum Gasteiger partial charge on any atom is -0.436 e. The van der Waals surface area contributed by atoms with Gasteiger partial charge in [-0.15, -0.1) is 0 Å². The fourth-order valence-electron chi connectivity index (χ4n) is 4.71. The topological polar surface area (TPSA) is 51.8 Å². The van der Waals surface area contributed by atoms with Crippen LogP contribution in [-0.4, -0.2) is 15.0 Å². The van der Waals surface area contributed by atoms with Crippen molar-refractivity contribution in [3.8, 4) is 56.5 Å². The molecule has 5 aromatic carbocycles. The van der Waals surface area contributed by atoms with Gasteiger partial charge in [0, 0.05) is 22.3 Å². The van der Waals surface area contributed by atoms with Crippen LogP contribution in [0.2, 0.25) is 0 Å². The van der Waals surface area contributed by atoms with Gasteiger partial charge in [0.1, 0.15) is 5.52 Å². The van der Waals surface area contributed by atoms with Gasteiger partial charge in [-0.25, -0.2) is 15.0 Å². The summed E-state index contributed by atoms with van der Waals surface area (Å²) in [5.74, 6) is 1.34. The number of hydrogen-bond donors (Lipinski definition) is 0. The standard InChI is InChI=1S/C35H23N3O/c1-4-10-25(11-5-1)30-23-31(37-34(36-30)27-12-6-2-7-13-27)26-18-16-24(17-19-26)29-20-21-33-32(22-29)38-35(39-33)28-14-8-3-9-15-28/h1-23H. The summed E-state index contributed by atoms with van der Waals surface area (Å²) in [6.45, 7) is 0. The first kappa shape index (κ1) is 22.8. The number of aromatic nitrogens is 3. The van der Waals surface area contributed by atoms with E-state index in [0.717, 1.165) is 55.9 Å². The number of benzene rings is 5. The number of nitrogens with zero attached hydrogens (tertiary/aromatic N) is 3. The number of hydrogen-bond acceptors (Lipinski definition) is 4. The first-order valence-corrected chi connectivity index (χ1v) is 12.9. The molecule has 0 saturated heterocycles. The van der Waals surface area contributed by atoms with Crippen molar-refractivity contribution in [1.82, 2.24) is 15.0 Å². The Morgan fingerprint density at radius 3 is 1.54 bits per heavy atom. The van der Waals surface area contributed by atoms with Crippen LogP contribution in [0.15, 0.2) is 144 Å². The molecule has 2 aromatic heterocycles. The monoisotopic (exact) mass is 501 g/mol. The van der Waals surface area contributed by atoms with Crippen molar-refractivity contribution in [2.75, 3.05) is 0 Å². The Hall–Kier alpha value is -5.35. The predicted molar refractivity (Wildman–Crippen MR) is 157 cm³/mol. The molecule has 0 bridgehead atoms. The molecule has 0 aliphatic carbocycles. The molecule has 0 aliphatic rings. The van der Waals surface area contributed by atoms with Gasteiger partial charge in [-0.3, -0.25) is 0 Å². The molecule has 39 heavy (non-hydrogen) atoms. The zero-order chi connectivity index (χ0) is 26.0. The van der Waals surface area contributed by atoms with Gasteiger partial charge in [0.05, 0.1) is 11.4 Å². The van der Waals surface area contributed by atoms with Crippen LogP contribution in [0.4, 0.5) is 0 Å². The second-order valence-electron chi connectivity index (χ2n) is 9.34. The van der Waals surface area contributed by atoms with E-state index < -0.39 is 0 Å². The van der Waals surface area contributed by atoms with Crippen LogP contribution in [0.25, 0.3) is 67.6 Å². The summed E-state index contributed by atoms with van der Waals surface area (Å²) in [5, 5.41) is 0. The molecule has 7 aromatic rings. The molecular weight excluding hydrogens is 478 g/mol. The van der Waals surface area contributed by atoms with Gasteiger partial charge in [0.15, 0.2) is 11.4 Å². The third kappa shape index (κ3) is 4.60. The average Bonchev–Trinajstić information content (AvgIpc) is 3.46. The first-order valence-electron chi connectivity index (χ1n) is 12.9. The van der Waals surface area contributed by atoms with Crippen LogP contribution in [0.1, 0.15) is 0 Å². The summed E-state index contributed by atoms with van der Waals surface area (Å²) in [7, 11) is 0. The van der Waals surface area contributed by atoms with E-state index in [1.165, 1.54) is 0 Å². The molecule has 0 unspecified atom stereocenters. The van der Waals surface area contributed by atoms with Crippen LogP contribution >= 0.6 is 0 Å². The summed E-state index contributed by atoms with van der Waals surface area (Å²) in [6.07, 6.45) is 0. The van der Waals surface area contributed by atoms with Crippen molar-refractivity contribution in [2.24, 2.45) is 0 Å². The Bertz CT molecular complexity index is 1820.